The number of hydrogen-bond acceptors (Lipinski definition) is 3. The number of hydrogen-bond donors (Lipinski definition) is 1. The first-order chi connectivity index (χ1) is 12.3. The van der Waals surface area contributed by atoms with Crippen LogP contribution in [-0.4, -0.2) is 21.0 Å². The lowest BCUT2D eigenvalue weighted by Gasteiger charge is -2.19. The average molecular weight is 348 g/mol. The Bertz CT molecular complexity index is 975. The second kappa shape index (κ2) is 6.75. The van der Waals surface area contributed by atoms with E-state index in [1.807, 2.05) is 50.4 Å². The van der Waals surface area contributed by atoms with Gasteiger partial charge in [0.15, 0.2) is 0 Å². The van der Waals surface area contributed by atoms with Gasteiger partial charge in [-0.25, -0.2) is 10.4 Å². The molecule has 1 N–H and O–H groups in total. The minimum Gasteiger partial charge on any atom is -0.295 e. The van der Waals surface area contributed by atoms with E-state index in [0.29, 0.717) is 11.4 Å². The maximum absolute atomic E-state index is 12.6. The Morgan fingerprint density at radius 2 is 1.81 bits per heavy atom. The van der Waals surface area contributed by atoms with Crippen molar-refractivity contribution in [2.24, 2.45) is 5.10 Å². The van der Waals surface area contributed by atoms with E-state index in [1.165, 1.54) is 5.56 Å². The Labute approximate surface area is 153 Å². The van der Waals surface area contributed by atoms with Crippen LogP contribution in [0.2, 0.25) is 0 Å². The van der Waals surface area contributed by atoms with E-state index in [1.54, 1.807) is 4.40 Å². The van der Waals surface area contributed by atoms with Crippen LogP contribution in [-0.2, 0) is 5.41 Å². The van der Waals surface area contributed by atoms with Crippen LogP contribution < -0.4 is 5.43 Å². The molecule has 0 aliphatic rings. The summed E-state index contributed by atoms with van der Waals surface area (Å²) in [6.45, 7) is 10.3. The number of benzene rings is 1. The molecule has 5 nitrogen and oxygen atoms in total. The Morgan fingerprint density at radius 1 is 1.12 bits per heavy atom. The Kier molecular flexibility index (Phi) is 4.64. The molecule has 0 aliphatic carbocycles. The normalized spacial score (nSPS) is 12.4. The van der Waals surface area contributed by atoms with E-state index in [-0.39, 0.29) is 11.3 Å². The van der Waals surface area contributed by atoms with Crippen molar-refractivity contribution in [2.75, 3.05) is 0 Å². The summed E-state index contributed by atoms with van der Waals surface area (Å²) in [6.07, 6.45) is 1.83. The lowest BCUT2D eigenvalue weighted by atomic mass is 9.86. The SMILES string of the molecule is C/C(=N/NC(=O)c1c(C)nc2ccccn12)c1ccc(C(C)(C)C)cc1. The van der Waals surface area contributed by atoms with Crippen molar-refractivity contribution in [2.45, 2.75) is 40.0 Å². The molecule has 0 saturated heterocycles. The van der Waals surface area contributed by atoms with E-state index in [9.17, 15) is 4.79 Å². The van der Waals surface area contributed by atoms with Gasteiger partial charge in [-0.3, -0.25) is 9.20 Å². The van der Waals surface area contributed by atoms with E-state index in [2.05, 4.69) is 48.4 Å². The van der Waals surface area contributed by atoms with Gasteiger partial charge in [0.1, 0.15) is 11.3 Å². The van der Waals surface area contributed by atoms with Crippen LogP contribution in [0.5, 0.6) is 0 Å². The van der Waals surface area contributed by atoms with Crippen LogP contribution in [0.3, 0.4) is 0 Å². The molecule has 0 aliphatic heterocycles. The molecule has 3 aromatic rings. The van der Waals surface area contributed by atoms with Gasteiger partial charge < -0.3 is 0 Å². The molecule has 5 heteroatoms. The predicted molar refractivity (Wildman–Crippen MR) is 105 cm³/mol. The van der Waals surface area contributed by atoms with Crippen LogP contribution in [0.25, 0.3) is 5.65 Å². The number of hydrazone groups is 1. The molecule has 3 rings (SSSR count). The smallest absolute Gasteiger partial charge is 0.290 e. The largest absolute Gasteiger partial charge is 0.295 e. The number of carbonyl (C=O) groups is 1. The highest BCUT2D eigenvalue weighted by Crippen LogP contribution is 2.22. The Hall–Kier alpha value is -2.95. The van der Waals surface area contributed by atoms with Crippen molar-refractivity contribution in [1.29, 1.82) is 0 Å². The summed E-state index contributed by atoms with van der Waals surface area (Å²) in [7, 11) is 0. The van der Waals surface area contributed by atoms with Gasteiger partial charge in [0, 0.05) is 6.20 Å². The highest BCUT2D eigenvalue weighted by atomic mass is 16.2. The van der Waals surface area contributed by atoms with Gasteiger partial charge in [-0.2, -0.15) is 5.10 Å². The molecule has 0 spiro atoms. The van der Waals surface area contributed by atoms with Crippen molar-refractivity contribution in [1.82, 2.24) is 14.8 Å². The number of rotatable bonds is 3. The standard InChI is InChI=1S/C21H24N4O/c1-14(16-9-11-17(12-10-16)21(3,4)5)23-24-20(26)19-15(2)22-18-8-6-7-13-25(18)19/h6-13H,1-5H3,(H,24,26)/b23-14-. The van der Waals surface area contributed by atoms with E-state index in [0.717, 1.165) is 16.9 Å². The number of carbonyl (C=O) groups excluding carboxylic acids is 1. The molecule has 1 amide bonds. The summed E-state index contributed by atoms with van der Waals surface area (Å²) in [5.41, 5.74) is 7.68. The molecule has 0 unspecified atom stereocenters. The topological polar surface area (TPSA) is 58.8 Å². The minimum absolute atomic E-state index is 0.110. The predicted octanol–water partition coefficient (Wildman–Crippen LogP) is 4.09. The molecular weight excluding hydrogens is 324 g/mol. The fourth-order valence-electron chi connectivity index (χ4n) is 2.85. The third-order valence-corrected chi connectivity index (χ3v) is 4.41. The van der Waals surface area contributed by atoms with E-state index < -0.39 is 0 Å². The van der Waals surface area contributed by atoms with E-state index in [4.69, 9.17) is 0 Å². The third kappa shape index (κ3) is 3.52. The maximum atomic E-state index is 12.6. The number of pyridine rings is 1. The van der Waals surface area contributed by atoms with Gasteiger partial charge in [-0.1, -0.05) is 51.1 Å². The van der Waals surface area contributed by atoms with Crippen LogP contribution >= 0.6 is 0 Å². The van der Waals surface area contributed by atoms with Gasteiger partial charge >= 0.3 is 0 Å². The van der Waals surface area contributed by atoms with Gasteiger partial charge in [-0.15, -0.1) is 0 Å². The summed E-state index contributed by atoms with van der Waals surface area (Å²) in [5.74, 6) is -0.271. The Morgan fingerprint density at radius 3 is 2.46 bits per heavy atom. The summed E-state index contributed by atoms with van der Waals surface area (Å²) < 4.78 is 1.77. The molecule has 1 aromatic carbocycles. The molecule has 134 valence electrons. The van der Waals surface area contributed by atoms with Crippen LogP contribution in [0.1, 0.15) is 55.0 Å². The third-order valence-electron chi connectivity index (χ3n) is 4.41. The van der Waals surface area contributed by atoms with Crippen molar-refractivity contribution in [3.05, 3.63) is 71.2 Å². The van der Waals surface area contributed by atoms with Gasteiger partial charge in [0.25, 0.3) is 5.91 Å². The highest BCUT2D eigenvalue weighted by Gasteiger charge is 2.16. The first-order valence-electron chi connectivity index (χ1n) is 8.66. The van der Waals surface area contributed by atoms with Crippen molar-refractivity contribution >= 4 is 17.3 Å². The molecule has 2 heterocycles. The number of nitrogens with one attached hydrogen (secondary N) is 1. The van der Waals surface area contributed by atoms with E-state index >= 15 is 0 Å². The number of amides is 1. The first kappa shape index (κ1) is 17.9. The lowest BCUT2D eigenvalue weighted by molar-refractivity contribution is 0.0948. The van der Waals surface area contributed by atoms with Crippen LogP contribution in [0.4, 0.5) is 0 Å². The fourth-order valence-corrected chi connectivity index (χ4v) is 2.85. The second-order valence-corrected chi connectivity index (χ2v) is 7.44. The highest BCUT2D eigenvalue weighted by molar-refractivity contribution is 6.01. The maximum Gasteiger partial charge on any atom is 0.290 e. The van der Waals surface area contributed by atoms with Gasteiger partial charge in [-0.05, 0) is 42.5 Å². The minimum atomic E-state index is -0.271. The summed E-state index contributed by atoms with van der Waals surface area (Å²) in [4.78, 5) is 17.0. The zero-order chi connectivity index (χ0) is 18.9. The fraction of sp³-hybridized carbons (Fsp3) is 0.286. The number of imidazole rings is 1. The van der Waals surface area contributed by atoms with Gasteiger partial charge in [0.2, 0.25) is 0 Å². The molecule has 0 bridgehead atoms. The van der Waals surface area contributed by atoms with Crippen molar-refractivity contribution in [3.8, 4) is 0 Å². The average Bonchev–Trinajstić information content (AvgIpc) is 2.94. The second-order valence-electron chi connectivity index (χ2n) is 7.44. The van der Waals surface area contributed by atoms with Gasteiger partial charge in [0.05, 0.1) is 11.4 Å². The quantitative estimate of drug-likeness (QED) is 0.572. The molecule has 0 radical (unpaired) electrons. The number of nitrogens with zero attached hydrogens (tertiary/aromatic N) is 3. The number of aromatic nitrogens is 2. The molecule has 0 saturated carbocycles. The monoisotopic (exact) mass is 348 g/mol. The number of aryl methyl sites for hydroxylation is 1. The van der Waals surface area contributed by atoms with Crippen LogP contribution in [0.15, 0.2) is 53.8 Å². The summed E-state index contributed by atoms with van der Waals surface area (Å²) >= 11 is 0. The van der Waals surface area contributed by atoms with Crippen molar-refractivity contribution < 1.29 is 4.79 Å². The number of fused-ring (bicyclic) bond motifs is 1. The first-order valence-corrected chi connectivity index (χ1v) is 8.66. The summed E-state index contributed by atoms with van der Waals surface area (Å²) in [5, 5.41) is 4.27. The lowest BCUT2D eigenvalue weighted by Crippen LogP contribution is -2.22. The molecular formula is C21H24N4O. The zero-order valence-corrected chi connectivity index (χ0v) is 15.9. The summed E-state index contributed by atoms with van der Waals surface area (Å²) in [6, 6.07) is 13.9. The van der Waals surface area contributed by atoms with Crippen LogP contribution in [0, 0.1) is 6.92 Å². The van der Waals surface area contributed by atoms with Crippen molar-refractivity contribution in [3.63, 3.8) is 0 Å². The molecule has 0 fully saturated rings. The molecule has 2 aromatic heterocycles. The molecule has 0 atom stereocenters. The Balaban J connectivity index is 1.80. The molecule has 26 heavy (non-hydrogen) atoms. The zero-order valence-electron chi connectivity index (χ0n) is 15.9.